The number of ether oxygens (including phenoxy) is 2. The molecule has 0 aliphatic carbocycles. The largest absolute Gasteiger partial charge is 0.485 e. The Labute approximate surface area is 197 Å². The normalized spacial score (nSPS) is 10.8. The fourth-order valence-corrected chi connectivity index (χ4v) is 3.85. The zero-order valence-corrected chi connectivity index (χ0v) is 20.2. The van der Waals surface area contributed by atoms with Crippen LogP contribution in [0.25, 0.3) is 0 Å². The van der Waals surface area contributed by atoms with Gasteiger partial charge in [-0.3, -0.25) is 4.79 Å². The number of amides is 1. The number of thioether (sulfide) groups is 1. The minimum absolute atomic E-state index is 0.168. The molecule has 8 nitrogen and oxygen atoms in total. The summed E-state index contributed by atoms with van der Waals surface area (Å²) in [4.78, 5) is 23.8. The summed E-state index contributed by atoms with van der Waals surface area (Å²) >= 11 is 1.29. The molecule has 174 valence electrons. The number of nitrogens with zero attached hydrogens (tertiary/aromatic N) is 3. The van der Waals surface area contributed by atoms with Gasteiger partial charge in [0.15, 0.2) is 11.0 Å². The van der Waals surface area contributed by atoms with Crippen molar-refractivity contribution in [3.8, 4) is 5.75 Å². The summed E-state index contributed by atoms with van der Waals surface area (Å²) in [6.07, 6.45) is 0. The Hall–Kier alpha value is -3.33. The standard InChI is InChI=1S/C24H28N4O4S/c1-15(2)19-11-6-16(3)12-20(19)32-13-21-26-27-24(28(21)4)33-14-22(29)25-18-9-7-17(8-10-18)23(30)31-5/h6-12,15H,13-14H2,1-5H3,(H,25,29). The van der Waals surface area contributed by atoms with Crippen molar-refractivity contribution in [2.24, 2.45) is 7.05 Å². The van der Waals surface area contributed by atoms with Crippen LogP contribution in [-0.2, 0) is 23.2 Å². The molecule has 9 heteroatoms. The molecule has 3 rings (SSSR count). The summed E-state index contributed by atoms with van der Waals surface area (Å²) < 4.78 is 12.5. The van der Waals surface area contributed by atoms with Gasteiger partial charge in [0.25, 0.3) is 0 Å². The van der Waals surface area contributed by atoms with Gasteiger partial charge in [-0.05, 0) is 54.3 Å². The molecule has 1 heterocycles. The van der Waals surface area contributed by atoms with Crippen LogP contribution in [0.1, 0.15) is 47.1 Å². The highest BCUT2D eigenvalue weighted by Gasteiger charge is 2.14. The maximum atomic E-state index is 12.3. The van der Waals surface area contributed by atoms with Crippen LogP contribution in [0, 0.1) is 6.92 Å². The molecule has 33 heavy (non-hydrogen) atoms. The Kier molecular flexibility index (Phi) is 8.11. The summed E-state index contributed by atoms with van der Waals surface area (Å²) in [6, 6.07) is 12.7. The van der Waals surface area contributed by atoms with Gasteiger partial charge in [0.1, 0.15) is 12.4 Å². The number of hydrogen-bond donors (Lipinski definition) is 1. The van der Waals surface area contributed by atoms with Crippen LogP contribution < -0.4 is 10.1 Å². The second kappa shape index (κ2) is 11.0. The lowest BCUT2D eigenvalue weighted by Gasteiger charge is -2.14. The molecule has 0 aliphatic heterocycles. The lowest BCUT2D eigenvalue weighted by atomic mass is 10.0. The molecule has 0 bridgehead atoms. The van der Waals surface area contributed by atoms with E-state index in [1.807, 2.05) is 24.6 Å². The molecule has 0 aliphatic rings. The second-order valence-corrected chi connectivity index (χ2v) is 8.79. The fourth-order valence-electron chi connectivity index (χ4n) is 3.12. The van der Waals surface area contributed by atoms with Crippen molar-refractivity contribution in [1.82, 2.24) is 14.8 Å². The van der Waals surface area contributed by atoms with Crippen molar-refractivity contribution in [2.75, 3.05) is 18.2 Å². The van der Waals surface area contributed by atoms with E-state index >= 15 is 0 Å². The topological polar surface area (TPSA) is 95.3 Å². The molecule has 0 saturated heterocycles. The van der Waals surface area contributed by atoms with Crippen LogP contribution in [0.15, 0.2) is 47.6 Å². The molecule has 0 spiro atoms. The molecular formula is C24H28N4O4S. The van der Waals surface area contributed by atoms with Crippen molar-refractivity contribution in [3.05, 3.63) is 65.0 Å². The fraction of sp³-hybridized carbons (Fsp3) is 0.333. The van der Waals surface area contributed by atoms with Crippen molar-refractivity contribution in [3.63, 3.8) is 0 Å². The SMILES string of the molecule is COC(=O)c1ccc(NC(=O)CSc2nnc(COc3cc(C)ccc3C(C)C)n2C)cc1. The Morgan fingerprint density at radius 2 is 1.85 bits per heavy atom. The number of hydrogen-bond acceptors (Lipinski definition) is 7. The second-order valence-electron chi connectivity index (χ2n) is 7.85. The zero-order chi connectivity index (χ0) is 24.0. The van der Waals surface area contributed by atoms with Crippen molar-refractivity contribution in [1.29, 1.82) is 0 Å². The number of carbonyl (C=O) groups is 2. The summed E-state index contributed by atoms with van der Waals surface area (Å²) in [6.45, 7) is 6.58. The third-order valence-electron chi connectivity index (χ3n) is 5.00. The van der Waals surface area contributed by atoms with E-state index in [2.05, 4.69) is 46.2 Å². The number of anilines is 1. The first-order valence-corrected chi connectivity index (χ1v) is 11.5. The first kappa shape index (κ1) is 24.3. The van der Waals surface area contributed by atoms with Gasteiger partial charge in [0, 0.05) is 12.7 Å². The number of aryl methyl sites for hydroxylation is 1. The molecule has 2 aromatic carbocycles. The zero-order valence-electron chi connectivity index (χ0n) is 19.4. The number of carbonyl (C=O) groups excluding carboxylic acids is 2. The lowest BCUT2D eigenvalue weighted by molar-refractivity contribution is -0.113. The highest BCUT2D eigenvalue weighted by atomic mass is 32.2. The average molecular weight is 469 g/mol. The Morgan fingerprint density at radius 3 is 2.52 bits per heavy atom. The van der Waals surface area contributed by atoms with Crippen LogP contribution in [-0.4, -0.2) is 39.5 Å². The molecule has 0 radical (unpaired) electrons. The van der Waals surface area contributed by atoms with Gasteiger partial charge in [-0.2, -0.15) is 0 Å². The van der Waals surface area contributed by atoms with E-state index in [1.165, 1.54) is 18.9 Å². The maximum Gasteiger partial charge on any atom is 0.337 e. The number of aromatic nitrogens is 3. The summed E-state index contributed by atoms with van der Waals surface area (Å²) in [5.41, 5.74) is 3.30. The van der Waals surface area contributed by atoms with E-state index in [0.717, 1.165) is 16.9 Å². The van der Waals surface area contributed by atoms with E-state index in [9.17, 15) is 9.59 Å². The summed E-state index contributed by atoms with van der Waals surface area (Å²) in [7, 11) is 3.18. The average Bonchev–Trinajstić information content (AvgIpc) is 3.15. The third-order valence-corrected chi connectivity index (χ3v) is 6.02. The van der Waals surface area contributed by atoms with Crippen LogP contribution in [0.2, 0.25) is 0 Å². The van der Waals surface area contributed by atoms with Crippen LogP contribution in [0.5, 0.6) is 5.75 Å². The molecule has 0 atom stereocenters. The van der Waals surface area contributed by atoms with E-state index in [0.29, 0.717) is 28.1 Å². The summed E-state index contributed by atoms with van der Waals surface area (Å²) in [5.74, 6) is 1.43. The quantitative estimate of drug-likeness (QED) is 0.369. The van der Waals surface area contributed by atoms with E-state index in [-0.39, 0.29) is 18.3 Å². The highest BCUT2D eigenvalue weighted by Crippen LogP contribution is 2.28. The monoisotopic (exact) mass is 468 g/mol. The predicted octanol–water partition coefficient (Wildman–Crippen LogP) is 4.34. The van der Waals surface area contributed by atoms with Crippen LogP contribution in [0.3, 0.4) is 0 Å². The van der Waals surface area contributed by atoms with Gasteiger partial charge < -0.3 is 19.4 Å². The van der Waals surface area contributed by atoms with Gasteiger partial charge >= 0.3 is 5.97 Å². The third kappa shape index (κ3) is 6.35. The minimum atomic E-state index is -0.423. The van der Waals surface area contributed by atoms with Crippen LogP contribution >= 0.6 is 11.8 Å². The van der Waals surface area contributed by atoms with Gasteiger partial charge in [0.2, 0.25) is 5.91 Å². The summed E-state index contributed by atoms with van der Waals surface area (Å²) in [5, 5.41) is 11.8. The Morgan fingerprint density at radius 1 is 1.12 bits per heavy atom. The lowest BCUT2D eigenvalue weighted by Crippen LogP contribution is -2.14. The first-order chi connectivity index (χ1) is 15.8. The number of methoxy groups -OCH3 is 1. The van der Waals surface area contributed by atoms with Gasteiger partial charge in [-0.15, -0.1) is 10.2 Å². The predicted molar refractivity (Wildman–Crippen MR) is 128 cm³/mol. The Bertz CT molecular complexity index is 1130. The maximum absolute atomic E-state index is 12.3. The van der Waals surface area contributed by atoms with Gasteiger partial charge in [-0.1, -0.05) is 37.7 Å². The number of rotatable bonds is 9. The highest BCUT2D eigenvalue weighted by molar-refractivity contribution is 7.99. The van der Waals surface area contributed by atoms with Crippen molar-refractivity contribution in [2.45, 2.75) is 38.5 Å². The molecule has 0 unspecified atom stereocenters. The molecule has 0 saturated carbocycles. The van der Waals surface area contributed by atoms with Gasteiger partial charge in [0.05, 0.1) is 18.4 Å². The van der Waals surface area contributed by atoms with Crippen molar-refractivity contribution >= 4 is 29.3 Å². The first-order valence-electron chi connectivity index (χ1n) is 10.5. The van der Waals surface area contributed by atoms with Gasteiger partial charge in [-0.25, -0.2) is 4.79 Å². The molecule has 3 aromatic rings. The van der Waals surface area contributed by atoms with E-state index in [4.69, 9.17) is 4.74 Å². The molecule has 0 fully saturated rings. The number of nitrogens with one attached hydrogen (secondary N) is 1. The van der Waals surface area contributed by atoms with E-state index in [1.54, 1.807) is 24.3 Å². The van der Waals surface area contributed by atoms with Crippen LogP contribution in [0.4, 0.5) is 5.69 Å². The minimum Gasteiger partial charge on any atom is -0.485 e. The Balaban J connectivity index is 1.55. The number of benzene rings is 2. The molecule has 1 N–H and O–H groups in total. The molecule has 1 aromatic heterocycles. The van der Waals surface area contributed by atoms with E-state index < -0.39 is 5.97 Å². The molecule has 1 amide bonds. The molecular weight excluding hydrogens is 440 g/mol. The smallest absolute Gasteiger partial charge is 0.337 e. The van der Waals surface area contributed by atoms with Crippen molar-refractivity contribution < 1.29 is 19.1 Å². The number of esters is 1.